The van der Waals surface area contributed by atoms with Gasteiger partial charge in [-0.1, -0.05) is 6.92 Å². The molecule has 1 aliphatic heterocycles. The molecule has 1 saturated heterocycles. The number of carbonyl (C=O) groups is 1. The van der Waals surface area contributed by atoms with Gasteiger partial charge in [-0.05, 0) is 38.3 Å². The van der Waals surface area contributed by atoms with Crippen LogP contribution < -0.4 is 4.90 Å². The smallest absolute Gasteiger partial charge is 0.335 e. The van der Waals surface area contributed by atoms with E-state index >= 15 is 0 Å². The quantitative estimate of drug-likeness (QED) is 0.895. The van der Waals surface area contributed by atoms with Gasteiger partial charge in [0, 0.05) is 25.4 Å². The number of aromatic carboxylic acids is 1. The van der Waals surface area contributed by atoms with Crippen molar-refractivity contribution in [3.05, 3.63) is 23.4 Å². The molecule has 1 aromatic heterocycles. The number of hydrogen-bond donors (Lipinski definition) is 1. The Balaban J connectivity index is 2.12. The van der Waals surface area contributed by atoms with Crippen molar-refractivity contribution in [3.63, 3.8) is 0 Å². The summed E-state index contributed by atoms with van der Waals surface area (Å²) in [6, 6.07) is 3.32. The molecule has 1 aliphatic rings. The molecule has 0 bridgehead atoms. The molecular formula is C15H22N2O3. The topological polar surface area (TPSA) is 62.7 Å². The zero-order valence-corrected chi connectivity index (χ0v) is 12.1. The second-order valence-corrected chi connectivity index (χ2v) is 5.01. The van der Waals surface area contributed by atoms with Gasteiger partial charge in [-0.25, -0.2) is 9.78 Å². The van der Waals surface area contributed by atoms with Crippen molar-refractivity contribution in [2.45, 2.75) is 39.2 Å². The van der Waals surface area contributed by atoms with Gasteiger partial charge in [0.1, 0.15) is 5.82 Å². The first-order valence-corrected chi connectivity index (χ1v) is 7.24. The first-order valence-electron chi connectivity index (χ1n) is 7.24. The fraction of sp³-hybridized carbons (Fsp3) is 0.600. The molecule has 20 heavy (non-hydrogen) atoms. The number of carboxylic acid groups (broad SMARTS) is 1. The van der Waals surface area contributed by atoms with Gasteiger partial charge < -0.3 is 14.7 Å². The number of piperidine rings is 1. The molecule has 0 radical (unpaired) electrons. The summed E-state index contributed by atoms with van der Waals surface area (Å²) < 4.78 is 5.63. The predicted octanol–water partition coefficient (Wildman–Crippen LogP) is 2.35. The van der Waals surface area contributed by atoms with Gasteiger partial charge in [0.15, 0.2) is 0 Å². The molecule has 0 saturated carbocycles. The standard InChI is InChI=1S/C15H22N2O3/c1-3-12-9-11(15(18)19)10-14(16-12)17-7-5-13(6-8-17)20-4-2/h9-10,13H,3-8H2,1-2H3,(H,18,19). The van der Waals surface area contributed by atoms with E-state index < -0.39 is 5.97 Å². The summed E-state index contributed by atoms with van der Waals surface area (Å²) in [5.41, 5.74) is 1.14. The molecule has 0 aromatic carbocycles. The summed E-state index contributed by atoms with van der Waals surface area (Å²) >= 11 is 0. The van der Waals surface area contributed by atoms with Crippen LogP contribution in [0.5, 0.6) is 0 Å². The van der Waals surface area contributed by atoms with Crippen LogP contribution >= 0.6 is 0 Å². The summed E-state index contributed by atoms with van der Waals surface area (Å²) in [5, 5.41) is 9.17. The molecule has 0 spiro atoms. The molecule has 5 nitrogen and oxygen atoms in total. The van der Waals surface area contributed by atoms with Gasteiger partial charge in [-0.3, -0.25) is 0 Å². The van der Waals surface area contributed by atoms with Crippen LogP contribution in [0.15, 0.2) is 12.1 Å². The molecule has 0 aliphatic carbocycles. The lowest BCUT2D eigenvalue weighted by Crippen LogP contribution is -2.37. The maximum absolute atomic E-state index is 11.2. The SMILES string of the molecule is CCOC1CCN(c2cc(C(=O)O)cc(CC)n2)CC1. The highest BCUT2D eigenvalue weighted by molar-refractivity contribution is 5.88. The Labute approximate surface area is 119 Å². The minimum atomic E-state index is -0.896. The summed E-state index contributed by atoms with van der Waals surface area (Å²) in [4.78, 5) is 17.9. The lowest BCUT2D eigenvalue weighted by atomic mass is 10.1. The monoisotopic (exact) mass is 278 g/mol. The van der Waals surface area contributed by atoms with Crippen LogP contribution in [0.25, 0.3) is 0 Å². The minimum absolute atomic E-state index is 0.318. The second-order valence-electron chi connectivity index (χ2n) is 5.01. The summed E-state index contributed by atoms with van der Waals surface area (Å²) in [7, 11) is 0. The Kier molecular flexibility index (Phi) is 4.95. The molecule has 0 unspecified atom stereocenters. The van der Waals surface area contributed by atoms with Gasteiger partial charge in [-0.15, -0.1) is 0 Å². The van der Waals surface area contributed by atoms with Gasteiger partial charge >= 0.3 is 5.97 Å². The third kappa shape index (κ3) is 3.48. The van der Waals surface area contributed by atoms with Crippen LogP contribution in [-0.4, -0.2) is 41.9 Å². The number of aryl methyl sites for hydroxylation is 1. The molecule has 2 rings (SSSR count). The Morgan fingerprint density at radius 2 is 2.10 bits per heavy atom. The van der Waals surface area contributed by atoms with E-state index in [9.17, 15) is 9.90 Å². The summed E-state index contributed by atoms with van der Waals surface area (Å²) in [6.07, 6.45) is 3.00. The Bertz CT molecular complexity index is 468. The van der Waals surface area contributed by atoms with E-state index in [0.717, 1.165) is 50.5 Å². The van der Waals surface area contributed by atoms with E-state index in [1.165, 1.54) is 0 Å². The van der Waals surface area contributed by atoms with E-state index in [1.54, 1.807) is 12.1 Å². The molecule has 0 atom stereocenters. The second kappa shape index (κ2) is 6.70. The van der Waals surface area contributed by atoms with Crippen molar-refractivity contribution in [1.29, 1.82) is 0 Å². The average Bonchev–Trinajstić information content (AvgIpc) is 2.47. The Morgan fingerprint density at radius 1 is 1.40 bits per heavy atom. The Hall–Kier alpha value is -1.62. The van der Waals surface area contributed by atoms with Crippen molar-refractivity contribution in [2.75, 3.05) is 24.6 Å². The summed E-state index contributed by atoms with van der Waals surface area (Å²) in [6.45, 7) is 6.47. The van der Waals surface area contributed by atoms with Crippen molar-refractivity contribution in [1.82, 2.24) is 4.98 Å². The third-order valence-corrected chi connectivity index (χ3v) is 3.64. The van der Waals surface area contributed by atoms with Crippen LogP contribution in [0, 0.1) is 0 Å². The van der Waals surface area contributed by atoms with Crippen molar-refractivity contribution in [3.8, 4) is 0 Å². The largest absolute Gasteiger partial charge is 0.478 e. The van der Waals surface area contributed by atoms with Crippen molar-refractivity contribution in [2.24, 2.45) is 0 Å². The van der Waals surface area contributed by atoms with Crippen LogP contribution in [-0.2, 0) is 11.2 Å². The van der Waals surface area contributed by atoms with Gasteiger partial charge in [0.25, 0.3) is 0 Å². The fourth-order valence-corrected chi connectivity index (χ4v) is 2.53. The first-order chi connectivity index (χ1) is 9.63. The Morgan fingerprint density at radius 3 is 2.65 bits per heavy atom. The predicted molar refractivity (Wildman–Crippen MR) is 77.4 cm³/mol. The van der Waals surface area contributed by atoms with E-state index in [2.05, 4.69) is 9.88 Å². The number of pyridine rings is 1. The van der Waals surface area contributed by atoms with E-state index in [-0.39, 0.29) is 0 Å². The maximum atomic E-state index is 11.2. The molecular weight excluding hydrogens is 256 g/mol. The number of anilines is 1. The number of nitrogens with zero attached hydrogens (tertiary/aromatic N) is 2. The summed E-state index contributed by atoms with van der Waals surface area (Å²) in [5.74, 6) is -0.121. The van der Waals surface area contributed by atoms with Crippen LogP contribution in [0.4, 0.5) is 5.82 Å². The van der Waals surface area contributed by atoms with E-state index in [0.29, 0.717) is 11.7 Å². The molecule has 5 heteroatoms. The minimum Gasteiger partial charge on any atom is -0.478 e. The van der Waals surface area contributed by atoms with E-state index in [1.807, 2.05) is 13.8 Å². The normalized spacial score (nSPS) is 16.4. The van der Waals surface area contributed by atoms with E-state index in [4.69, 9.17) is 4.74 Å². The van der Waals surface area contributed by atoms with Crippen molar-refractivity contribution >= 4 is 11.8 Å². The van der Waals surface area contributed by atoms with Crippen molar-refractivity contribution < 1.29 is 14.6 Å². The zero-order valence-electron chi connectivity index (χ0n) is 12.1. The molecule has 0 amide bonds. The highest BCUT2D eigenvalue weighted by Crippen LogP contribution is 2.21. The molecule has 1 N–H and O–H groups in total. The first kappa shape index (κ1) is 14.8. The van der Waals surface area contributed by atoms with Gasteiger partial charge in [-0.2, -0.15) is 0 Å². The third-order valence-electron chi connectivity index (χ3n) is 3.64. The maximum Gasteiger partial charge on any atom is 0.335 e. The average molecular weight is 278 g/mol. The molecule has 110 valence electrons. The number of aromatic nitrogens is 1. The zero-order chi connectivity index (χ0) is 14.5. The highest BCUT2D eigenvalue weighted by atomic mass is 16.5. The number of carboxylic acids is 1. The number of ether oxygens (including phenoxy) is 1. The number of hydrogen-bond acceptors (Lipinski definition) is 4. The van der Waals surface area contributed by atoms with Crippen LogP contribution in [0.2, 0.25) is 0 Å². The highest BCUT2D eigenvalue weighted by Gasteiger charge is 2.21. The van der Waals surface area contributed by atoms with Crippen LogP contribution in [0.1, 0.15) is 42.7 Å². The van der Waals surface area contributed by atoms with Crippen LogP contribution in [0.3, 0.4) is 0 Å². The molecule has 1 fully saturated rings. The molecule has 1 aromatic rings. The fourth-order valence-electron chi connectivity index (χ4n) is 2.53. The number of rotatable bonds is 5. The lowest BCUT2D eigenvalue weighted by Gasteiger charge is -2.32. The van der Waals surface area contributed by atoms with Gasteiger partial charge in [0.2, 0.25) is 0 Å². The molecule has 2 heterocycles. The van der Waals surface area contributed by atoms with Gasteiger partial charge in [0.05, 0.1) is 11.7 Å². The lowest BCUT2D eigenvalue weighted by molar-refractivity contribution is 0.0458.